The molecular formula is C28H30ClN3O6S. The first-order valence-electron chi connectivity index (χ1n) is 12.1. The third-order valence-electron chi connectivity index (χ3n) is 5.15. The second-order valence-electron chi connectivity index (χ2n) is 7.92. The molecule has 39 heavy (non-hydrogen) atoms. The zero-order chi connectivity index (χ0) is 28.3. The van der Waals surface area contributed by atoms with Crippen LogP contribution >= 0.6 is 11.6 Å². The van der Waals surface area contributed by atoms with Gasteiger partial charge in [0.1, 0.15) is 18.9 Å². The summed E-state index contributed by atoms with van der Waals surface area (Å²) in [7, 11) is -4.11. The third-order valence-corrected chi connectivity index (χ3v) is 7.19. The van der Waals surface area contributed by atoms with E-state index in [1.165, 1.54) is 30.5 Å². The molecule has 3 aromatic carbocycles. The second-order valence-corrected chi connectivity index (χ2v) is 10.2. The summed E-state index contributed by atoms with van der Waals surface area (Å²) in [5.41, 5.74) is 3.31. The molecule has 0 bridgehead atoms. The molecule has 1 N–H and O–H groups in total. The van der Waals surface area contributed by atoms with Gasteiger partial charge >= 0.3 is 0 Å². The van der Waals surface area contributed by atoms with E-state index in [4.69, 9.17) is 25.8 Å². The van der Waals surface area contributed by atoms with Crippen molar-refractivity contribution in [1.82, 2.24) is 5.43 Å². The lowest BCUT2D eigenvalue weighted by atomic mass is 10.2. The minimum Gasteiger partial charge on any atom is -0.494 e. The zero-order valence-corrected chi connectivity index (χ0v) is 23.2. The largest absolute Gasteiger partial charge is 0.494 e. The van der Waals surface area contributed by atoms with E-state index in [1.807, 2.05) is 13.8 Å². The molecule has 11 heteroatoms. The van der Waals surface area contributed by atoms with E-state index in [2.05, 4.69) is 17.1 Å². The standard InChI is InChI=1S/C28H30ClN3O6S/c1-4-17-38-26-16-7-21(18-27(26)37-6-3)19-30-31-28(33)20-32(23-10-12-24(13-11-23)36-5-2)39(34,35)25-14-8-22(29)9-15-25/h4,7-16,18-19H,1,5-6,17,20H2,2-3H3,(H,31,33)/b30-19-. The molecule has 0 unspecified atom stereocenters. The molecule has 0 atom stereocenters. The van der Waals surface area contributed by atoms with Gasteiger partial charge in [-0.1, -0.05) is 24.3 Å². The van der Waals surface area contributed by atoms with E-state index in [-0.39, 0.29) is 10.6 Å². The quantitative estimate of drug-likeness (QED) is 0.165. The summed E-state index contributed by atoms with van der Waals surface area (Å²) >= 11 is 5.93. The van der Waals surface area contributed by atoms with Gasteiger partial charge in [-0.2, -0.15) is 5.10 Å². The Morgan fingerprint density at radius 1 is 0.974 bits per heavy atom. The van der Waals surface area contributed by atoms with Crippen molar-refractivity contribution in [1.29, 1.82) is 0 Å². The van der Waals surface area contributed by atoms with Crippen molar-refractivity contribution in [2.45, 2.75) is 18.7 Å². The Labute approximate surface area is 233 Å². The van der Waals surface area contributed by atoms with Crippen molar-refractivity contribution in [2.24, 2.45) is 5.10 Å². The van der Waals surface area contributed by atoms with Gasteiger partial charge in [0.05, 0.1) is 30.0 Å². The van der Waals surface area contributed by atoms with E-state index in [9.17, 15) is 13.2 Å². The van der Waals surface area contributed by atoms with E-state index in [1.54, 1.807) is 48.5 Å². The summed E-state index contributed by atoms with van der Waals surface area (Å²) in [4.78, 5) is 12.8. The fourth-order valence-electron chi connectivity index (χ4n) is 3.41. The Morgan fingerprint density at radius 2 is 1.67 bits per heavy atom. The number of hydrogen-bond acceptors (Lipinski definition) is 7. The number of nitrogens with zero attached hydrogens (tertiary/aromatic N) is 2. The van der Waals surface area contributed by atoms with Crippen molar-refractivity contribution >= 4 is 39.4 Å². The molecule has 0 aliphatic heterocycles. The van der Waals surface area contributed by atoms with Crippen LogP contribution in [0.5, 0.6) is 17.2 Å². The Kier molecular flexibility index (Phi) is 10.8. The number of halogens is 1. The Morgan fingerprint density at radius 3 is 2.31 bits per heavy atom. The average Bonchev–Trinajstić information content (AvgIpc) is 2.92. The maximum absolute atomic E-state index is 13.5. The van der Waals surface area contributed by atoms with Crippen molar-refractivity contribution in [3.05, 3.63) is 90.0 Å². The second kappa shape index (κ2) is 14.2. The lowest BCUT2D eigenvalue weighted by Crippen LogP contribution is -2.39. The van der Waals surface area contributed by atoms with Crippen LogP contribution in [-0.4, -0.2) is 46.9 Å². The van der Waals surface area contributed by atoms with Crippen molar-refractivity contribution in [2.75, 3.05) is 30.7 Å². The molecule has 0 radical (unpaired) electrons. The number of hydrazone groups is 1. The van der Waals surface area contributed by atoms with Gasteiger partial charge in [0.25, 0.3) is 15.9 Å². The molecular weight excluding hydrogens is 542 g/mol. The normalized spacial score (nSPS) is 11.2. The SMILES string of the molecule is C=CCOc1ccc(/C=N\NC(=O)CN(c2ccc(OCC)cc2)S(=O)(=O)c2ccc(Cl)cc2)cc1OCC. The van der Waals surface area contributed by atoms with E-state index >= 15 is 0 Å². The van der Waals surface area contributed by atoms with Gasteiger partial charge < -0.3 is 14.2 Å². The Balaban J connectivity index is 1.80. The van der Waals surface area contributed by atoms with Crippen LogP contribution in [0.4, 0.5) is 5.69 Å². The number of anilines is 1. The molecule has 3 aromatic rings. The predicted octanol–water partition coefficient (Wildman–Crippen LogP) is 5.05. The number of carbonyl (C=O) groups is 1. The van der Waals surface area contributed by atoms with Gasteiger partial charge in [0, 0.05) is 5.02 Å². The van der Waals surface area contributed by atoms with Gasteiger partial charge in [0.15, 0.2) is 11.5 Å². The van der Waals surface area contributed by atoms with Crippen LogP contribution in [0.3, 0.4) is 0 Å². The Bertz CT molecular complexity index is 1390. The van der Waals surface area contributed by atoms with Crippen molar-refractivity contribution < 1.29 is 27.4 Å². The van der Waals surface area contributed by atoms with Crippen LogP contribution in [0, 0.1) is 0 Å². The lowest BCUT2D eigenvalue weighted by Gasteiger charge is -2.24. The van der Waals surface area contributed by atoms with E-state index < -0.39 is 22.5 Å². The molecule has 206 valence electrons. The van der Waals surface area contributed by atoms with Gasteiger partial charge in [-0.05, 0) is 86.1 Å². The van der Waals surface area contributed by atoms with Crippen LogP contribution in [0.1, 0.15) is 19.4 Å². The summed E-state index contributed by atoms with van der Waals surface area (Å²) in [6.07, 6.45) is 3.05. The molecule has 0 heterocycles. The maximum Gasteiger partial charge on any atom is 0.264 e. The fraction of sp³-hybridized carbons (Fsp3) is 0.214. The summed E-state index contributed by atoms with van der Waals surface area (Å²) < 4.78 is 44.6. The van der Waals surface area contributed by atoms with Crippen molar-refractivity contribution in [3.63, 3.8) is 0 Å². The molecule has 0 spiro atoms. The number of hydrogen-bond donors (Lipinski definition) is 1. The van der Waals surface area contributed by atoms with Gasteiger partial charge in [-0.25, -0.2) is 13.8 Å². The summed E-state index contributed by atoms with van der Waals surface area (Å²) in [5.74, 6) is 1.00. The molecule has 0 saturated heterocycles. The number of carbonyl (C=O) groups excluding carboxylic acids is 1. The minimum absolute atomic E-state index is 0.0145. The predicted molar refractivity (Wildman–Crippen MR) is 153 cm³/mol. The zero-order valence-electron chi connectivity index (χ0n) is 21.7. The first-order chi connectivity index (χ1) is 18.8. The van der Waals surface area contributed by atoms with Gasteiger partial charge in [0.2, 0.25) is 0 Å². The third kappa shape index (κ3) is 8.23. The molecule has 3 rings (SSSR count). The molecule has 9 nitrogen and oxygen atoms in total. The monoisotopic (exact) mass is 571 g/mol. The van der Waals surface area contributed by atoms with Crippen molar-refractivity contribution in [3.8, 4) is 17.2 Å². The molecule has 0 saturated carbocycles. The maximum atomic E-state index is 13.5. The summed E-state index contributed by atoms with van der Waals surface area (Å²) in [6.45, 7) is 8.04. The van der Waals surface area contributed by atoms with E-state index in [0.29, 0.717) is 47.7 Å². The number of amides is 1. The molecule has 1 amide bonds. The highest BCUT2D eigenvalue weighted by molar-refractivity contribution is 7.92. The number of sulfonamides is 1. The van der Waals surface area contributed by atoms with Gasteiger partial charge in [-0.15, -0.1) is 0 Å². The minimum atomic E-state index is -4.11. The smallest absolute Gasteiger partial charge is 0.264 e. The van der Waals surface area contributed by atoms with Crippen LogP contribution in [-0.2, 0) is 14.8 Å². The highest BCUT2D eigenvalue weighted by Crippen LogP contribution is 2.28. The highest BCUT2D eigenvalue weighted by atomic mass is 35.5. The Hall–Kier alpha value is -4.02. The average molecular weight is 572 g/mol. The number of benzene rings is 3. The topological polar surface area (TPSA) is 107 Å². The number of nitrogens with one attached hydrogen (secondary N) is 1. The van der Waals surface area contributed by atoms with Crippen LogP contribution in [0.15, 0.2) is 89.4 Å². The van der Waals surface area contributed by atoms with Crippen LogP contribution < -0.4 is 23.9 Å². The molecule has 0 aromatic heterocycles. The van der Waals surface area contributed by atoms with Crippen LogP contribution in [0.25, 0.3) is 0 Å². The van der Waals surface area contributed by atoms with Gasteiger partial charge in [-0.3, -0.25) is 9.10 Å². The number of rotatable bonds is 14. The lowest BCUT2D eigenvalue weighted by molar-refractivity contribution is -0.119. The molecule has 0 aliphatic carbocycles. The van der Waals surface area contributed by atoms with E-state index in [0.717, 1.165) is 4.31 Å². The molecule has 0 aliphatic rings. The fourth-order valence-corrected chi connectivity index (χ4v) is 4.96. The molecule has 0 fully saturated rings. The summed E-state index contributed by atoms with van der Waals surface area (Å²) in [6, 6.07) is 17.3. The van der Waals surface area contributed by atoms with Crippen LogP contribution in [0.2, 0.25) is 5.02 Å². The first-order valence-corrected chi connectivity index (χ1v) is 13.9. The summed E-state index contributed by atoms with van der Waals surface area (Å²) in [5, 5.41) is 4.38. The first kappa shape index (κ1) is 29.5. The number of ether oxygens (including phenoxy) is 3. The highest BCUT2D eigenvalue weighted by Gasteiger charge is 2.27.